The summed E-state index contributed by atoms with van der Waals surface area (Å²) < 4.78 is 10.6. The lowest BCUT2D eigenvalue weighted by Gasteiger charge is -2.49. The Balaban J connectivity index is 1.42. The molecule has 4 rings (SSSR count). The fourth-order valence-corrected chi connectivity index (χ4v) is 4.89. The van der Waals surface area contributed by atoms with Gasteiger partial charge in [-0.3, -0.25) is 9.69 Å². The number of amides is 1. The van der Waals surface area contributed by atoms with E-state index in [9.17, 15) is 4.79 Å². The third-order valence-electron chi connectivity index (χ3n) is 6.31. The quantitative estimate of drug-likeness (QED) is 0.804. The minimum Gasteiger partial charge on any atom is -0.493 e. The summed E-state index contributed by atoms with van der Waals surface area (Å²) in [5, 5.41) is 3.27. The molecule has 0 radical (unpaired) electrons. The van der Waals surface area contributed by atoms with E-state index in [-0.39, 0.29) is 11.9 Å². The van der Waals surface area contributed by atoms with E-state index in [1.807, 2.05) is 0 Å². The third-order valence-corrected chi connectivity index (χ3v) is 6.31. The number of hydrogen-bond donors (Lipinski definition) is 1. The number of benzene rings is 2. The maximum absolute atomic E-state index is 12.9. The molecule has 2 heterocycles. The van der Waals surface area contributed by atoms with Gasteiger partial charge in [-0.05, 0) is 49.4 Å². The fourth-order valence-electron chi connectivity index (χ4n) is 4.89. The van der Waals surface area contributed by atoms with Gasteiger partial charge < -0.3 is 14.8 Å². The highest BCUT2D eigenvalue weighted by Gasteiger charge is 2.38. The zero-order valence-corrected chi connectivity index (χ0v) is 17.3. The molecule has 0 aliphatic carbocycles. The van der Waals surface area contributed by atoms with Crippen LogP contribution in [0, 0.1) is 0 Å². The lowest BCUT2D eigenvalue weighted by Crippen LogP contribution is -2.56. The first-order valence-electron chi connectivity index (χ1n) is 10.5. The molecule has 29 heavy (non-hydrogen) atoms. The Morgan fingerprint density at radius 1 is 1.00 bits per heavy atom. The summed E-state index contributed by atoms with van der Waals surface area (Å²) in [6.45, 7) is 1.01. The smallest absolute Gasteiger partial charge is 0.251 e. The van der Waals surface area contributed by atoms with E-state index in [0.29, 0.717) is 29.1 Å². The SMILES string of the molecule is COc1ccc(C(=O)NC2CC3CCCC(C2)N3Cc2ccccc2)cc1OC. The minimum absolute atomic E-state index is 0.0365. The fraction of sp³-hybridized carbons (Fsp3) is 0.458. The van der Waals surface area contributed by atoms with Crippen LogP contribution >= 0.6 is 0 Å². The standard InChI is InChI=1S/C24H30N2O3/c1-28-22-12-11-18(13-23(22)29-2)24(27)25-19-14-20-9-6-10-21(15-19)26(20)16-17-7-4-3-5-8-17/h3-5,7-8,11-13,19-21H,6,9-10,14-16H2,1-2H3,(H,25,27). The molecule has 2 fully saturated rings. The van der Waals surface area contributed by atoms with Crippen LogP contribution in [0.1, 0.15) is 48.0 Å². The zero-order valence-electron chi connectivity index (χ0n) is 17.3. The Morgan fingerprint density at radius 2 is 1.69 bits per heavy atom. The van der Waals surface area contributed by atoms with Gasteiger partial charge in [0.2, 0.25) is 0 Å². The number of methoxy groups -OCH3 is 2. The molecule has 2 unspecified atom stereocenters. The number of hydrogen-bond acceptors (Lipinski definition) is 4. The van der Waals surface area contributed by atoms with Crippen molar-refractivity contribution in [1.82, 2.24) is 10.2 Å². The van der Waals surface area contributed by atoms with Gasteiger partial charge in [0.25, 0.3) is 5.91 Å². The second kappa shape index (κ2) is 8.87. The number of carbonyl (C=O) groups excluding carboxylic acids is 1. The molecule has 1 N–H and O–H groups in total. The number of carbonyl (C=O) groups is 1. The van der Waals surface area contributed by atoms with Gasteiger partial charge >= 0.3 is 0 Å². The summed E-state index contributed by atoms with van der Waals surface area (Å²) in [5.41, 5.74) is 1.98. The van der Waals surface area contributed by atoms with E-state index in [1.54, 1.807) is 32.4 Å². The molecular weight excluding hydrogens is 364 g/mol. The van der Waals surface area contributed by atoms with Crippen LogP contribution in [-0.2, 0) is 6.54 Å². The molecule has 2 bridgehead atoms. The van der Waals surface area contributed by atoms with Crippen molar-refractivity contribution in [2.75, 3.05) is 14.2 Å². The number of piperidine rings is 2. The van der Waals surface area contributed by atoms with E-state index < -0.39 is 0 Å². The zero-order chi connectivity index (χ0) is 20.2. The summed E-state index contributed by atoms with van der Waals surface area (Å²) in [5.74, 6) is 1.17. The predicted octanol–water partition coefficient (Wildman–Crippen LogP) is 4.02. The van der Waals surface area contributed by atoms with Crippen molar-refractivity contribution < 1.29 is 14.3 Å². The van der Waals surface area contributed by atoms with E-state index in [0.717, 1.165) is 19.4 Å². The van der Waals surface area contributed by atoms with Crippen molar-refractivity contribution in [2.45, 2.75) is 56.8 Å². The monoisotopic (exact) mass is 394 g/mol. The lowest BCUT2D eigenvalue weighted by molar-refractivity contribution is 0.0177. The Morgan fingerprint density at radius 3 is 2.34 bits per heavy atom. The Hall–Kier alpha value is -2.53. The Bertz CT molecular complexity index is 825. The van der Waals surface area contributed by atoms with Crippen molar-refractivity contribution in [3.05, 3.63) is 59.7 Å². The molecule has 0 aromatic heterocycles. The summed E-state index contributed by atoms with van der Waals surface area (Å²) in [7, 11) is 3.18. The number of rotatable bonds is 6. The van der Waals surface area contributed by atoms with E-state index in [4.69, 9.17) is 9.47 Å². The van der Waals surface area contributed by atoms with Gasteiger partial charge in [-0.15, -0.1) is 0 Å². The maximum Gasteiger partial charge on any atom is 0.251 e. The van der Waals surface area contributed by atoms with Crippen molar-refractivity contribution in [3.8, 4) is 11.5 Å². The van der Waals surface area contributed by atoms with Crippen LogP contribution in [0.3, 0.4) is 0 Å². The van der Waals surface area contributed by atoms with Crippen LogP contribution < -0.4 is 14.8 Å². The molecule has 0 saturated carbocycles. The summed E-state index contributed by atoms with van der Waals surface area (Å²) in [6, 6.07) is 17.3. The highest BCUT2D eigenvalue weighted by atomic mass is 16.5. The molecule has 2 atom stereocenters. The third kappa shape index (κ3) is 4.40. The van der Waals surface area contributed by atoms with E-state index >= 15 is 0 Å². The summed E-state index contributed by atoms with van der Waals surface area (Å²) >= 11 is 0. The van der Waals surface area contributed by atoms with Gasteiger partial charge in [0, 0.05) is 30.2 Å². The van der Waals surface area contributed by atoms with Crippen LogP contribution in [0.4, 0.5) is 0 Å². The number of nitrogens with zero attached hydrogens (tertiary/aromatic N) is 1. The number of ether oxygens (including phenoxy) is 2. The first-order valence-corrected chi connectivity index (χ1v) is 10.5. The largest absolute Gasteiger partial charge is 0.493 e. The topological polar surface area (TPSA) is 50.8 Å². The maximum atomic E-state index is 12.9. The summed E-state index contributed by atoms with van der Waals surface area (Å²) in [4.78, 5) is 15.5. The van der Waals surface area contributed by atoms with Crippen molar-refractivity contribution in [3.63, 3.8) is 0 Å². The molecule has 2 aromatic rings. The molecular formula is C24H30N2O3. The molecule has 2 saturated heterocycles. The van der Waals surface area contributed by atoms with E-state index in [2.05, 4.69) is 40.5 Å². The van der Waals surface area contributed by atoms with Gasteiger partial charge in [-0.1, -0.05) is 36.8 Å². The first-order chi connectivity index (χ1) is 14.2. The van der Waals surface area contributed by atoms with Crippen LogP contribution in [0.2, 0.25) is 0 Å². The predicted molar refractivity (Wildman–Crippen MR) is 113 cm³/mol. The van der Waals surface area contributed by atoms with Crippen LogP contribution in [0.15, 0.2) is 48.5 Å². The summed E-state index contributed by atoms with van der Waals surface area (Å²) in [6.07, 6.45) is 5.75. The second-order valence-electron chi connectivity index (χ2n) is 8.11. The minimum atomic E-state index is -0.0365. The number of fused-ring (bicyclic) bond motifs is 2. The van der Waals surface area contributed by atoms with Crippen molar-refractivity contribution >= 4 is 5.91 Å². The molecule has 5 heteroatoms. The van der Waals surface area contributed by atoms with Gasteiger partial charge in [0.15, 0.2) is 11.5 Å². The molecule has 1 amide bonds. The Labute approximate surface area is 173 Å². The number of nitrogens with one attached hydrogen (secondary N) is 1. The van der Waals surface area contributed by atoms with Crippen molar-refractivity contribution in [2.24, 2.45) is 0 Å². The normalized spacial score (nSPS) is 24.0. The molecule has 2 aromatic carbocycles. The lowest BCUT2D eigenvalue weighted by atomic mass is 9.81. The van der Waals surface area contributed by atoms with Gasteiger partial charge in [0.1, 0.15) is 0 Å². The first kappa shape index (κ1) is 19.8. The average Bonchev–Trinajstić information content (AvgIpc) is 2.74. The molecule has 154 valence electrons. The molecule has 0 spiro atoms. The van der Waals surface area contributed by atoms with Crippen LogP contribution in [0.25, 0.3) is 0 Å². The highest BCUT2D eigenvalue weighted by Crippen LogP contribution is 2.35. The van der Waals surface area contributed by atoms with Crippen LogP contribution in [-0.4, -0.2) is 43.2 Å². The Kier molecular flexibility index (Phi) is 6.05. The average molecular weight is 395 g/mol. The second-order valence-corrected chi connectivity index (χ2v) is 8.11. The van der Waals surface area contributed by atoms with E-state index in [1.165, 1.54) is 24.8 Å². The molecule has 5 nitrogen and oxygen atoms in total. The van der Waals surface area contributed by atoms with Crippen molar-refractivity contribution in [1.29, 1.82) is 0 Å². The molecule has 2 aliphatic rings. The van der Waals surface area contributed by atoms with Gasteiger partial charge in [-0.2, -0.15) is 0 Å². The molecule has 2 aliphatic heterocycles. The van der Waals surface area contributed by atoms with Crippen LogP contribution in [0.5, 0.6) is 11.5 Å². The highest BCUT2D eigenvalue weighted by molar-refractivity contribution is 5.95. The van der Waals surface area contributed by atoms with Gasteiger partial charge in [-0.25, -0.2) is 0 Å². The van der Waals surface area contributed by atoms with Gasteiger partial charge in [0.05, 0.1) is 14.2 Å².